The van der Waals surface area contributed by atoms with Crippen molar-refractivity contribution in [3.63, 3.8) is 0 Å². The van der Waals surface area contributed by atoms with E-state index < -0.39 is 0 Å². The Hall–Kier alpha value is -0.770. The van der Waals surface area contributed by atoms with Crippen LogP contribution < -0.4 is 0 Å². The van der Waals surface area contributed by atoms with Crippen LogP contribution in [0, 0.1) is 0 Å². The highest BCUT2D eigenvalue weighted by molar-refractivity contribution is 9.09. The maximum absolute atomic E-state index is 12.2. The molecule has 1 aromatic rings. The van der Waals surface area contributed by atoms with E-state index in [1.54, 1.807) is 12.3 Å². The van der Waals surface area contributed by atoms with Crippen molar-refractivity contribution in [2.45, 2.75) is 31.7 Å². The van der Waals surface area contributed by atoms with Gasteiger partial charge in [0.25, 0.3) is 5.91 Å². The second-order valence-electron chi connectivity index (χ2n) is 4.17. The van der Waals surface area contributed by atoms with Gasteiger partial charge in [-0.1, -0.05) is 28.8 Å². The summed E-state index contributed by atoms with van der Waals surface area (Å²) in [6.07, 6.45) is 7.71. The van der Waals surface area contributed by atoms with Crippen LogP contribution in [-0.4, -0.2) is 28.7 Å². The minimum absolute atomic E-state index is 0.0973. The van der Waals surface area contributed by atoms with E-state index in [-0.39, 0.29) is 5.91 Å². The van der Waals surface area contributed by atoms with Crippen molar-refractivity contribution in [1.82, 2.24) is 4.90 Å². The van der Waals surface area contributed by atoms with Crippen molar-refractivity contribution in [2.24, 2.45) is 0 Å². The molecule has 0 bridgehead atoms. The Balaban J connectivity index is 2.13. The summed E-state index contributed by atoms with van der Waals surface area (Å²) < 4.78 is 4.97. The van der Waals surface area contributed by atoms with Crippen LogP contribution in [0.2, 0.25) is 0 Å². The number of carbonyl (C=O) groups is 1. The van der Waals surface area contributed by atoms with E-state index in [4.69, 9.17) is 4.42 Å². The smallest absolute Gasteiger partial charge is 0.257 e. The van der Waals surface area contributed by atoms with Gasteiger partial charge in [0.1, 0.15) is 6.26 Å². The molecule has 0 N–H and O–H groups in total. The van der Waals surface area contributed by atoms with Gasteiger partial charge in [0.2, 0.25) is 0 Å². The standard InChI is InChI=1S/C12H16BrNO2/c13-8-11-4-2-1-3-6-14(11)12(15)10-5-7-16-9-10/h5,7,9,11H,1-4,6,8H2. The first-order chi connectivity index (χ1) is 7.83. The molecule has 1 unspecified atom stereocenters. The second kappa shape index (κ2) is 5.53. The fourth-order valence-electron chi connectivity index (χ4n) is 2.16. The summed E-state index contributed by atoms with van der Waals surface area (Å²) in [7, 11) is 0. The third kappa shape index (κ3) is 2.48. The van der Waals surface area contributed by atoms with Gasteiger partial charge in [0, 0.05) is 17.9 Å². The summed E-state index contributed by atoms with van der Waals surface area (Å²) >= 11 is 3.50. The molecule has 1 saturated heterocycles. The monoisotopic (exact) mass is 285 g/mol. The molecule has 16 heavy (non-hydrogen) atoms. The lowest BCUT2D eigenvalue weighted by Crippen LogP contribution is -2.40. The van der Waals surface area contributed by atoms with Gasteiger partial charge in [-0.2, -0.15) is 0 Å². The molecule has 0 saturated carbocycles. The molecule has 0 radical (unpaired) electrons. The van der Waals surface area contributed by atoms with E-state index in [9.17, 15) is 4.79 Å². The van der Waals surface area contributed by atoms with Crippen LogP contribution in [0.1, 0.15) is 36.0 Å². The van der Waals surface area contributed by atoms with E-state index in [0.717, 1.165) is 24.7 Å². The van der Waals surface area contributed by atoms with Gasteiger partial charge in [-0.05, 0) is 18.9 Å². The molecule has 88 valence electrons. The summed E-state index contributed by atoms with van der Waals surface area (Å²) in [4.78, 5) is 14.2. The van der Waals surface area contributed by atoms with Gasteiger partial charge >= 0.3 is 0 Å². The van der Waals surface area contributed by atoms with Gasteiger partial charge in [-0.3, -0.25) is 4.79 Å². The van der Waals surface area contributed by atoms with Crippen LogP contribution in [-0.2, 0) is 0 Å². The topological polar surface area (TPSA) is 33.5 Å². The minimum Gasteiger partial charge on any atom is -0.472 e. The predicted octanol–water partition coefficient (Wildman–Crippen LogP) is 3.06. The highest BCUT2D eigenvalue weighted by Crippen LogP contribution is 2.20. The highest BCUT2D eigenvalue weighted by Gasteiger charge is 2.25. The highest BCUT2D eigenvalue weighted by atomic mass is 79.9. The van der Waals surface area contributed by atoms with Gasteiger partial charge in [0.05, 0.1) is 11.8 Å². The number of furan rings is 1. The second-order valence-corrected chi connectivity index (χ2v) is 4.82. The van der Waals surface area contributed by atoms with E-state index in [2.05, 4.69) is 15.9 Å². The van der Waals surface area contributed by atoms with Crippen LogP contribution >= 0.6 is 15.9 Å². The molecule has 3 nitrogen and oxygen atoms in total. The Bertz CT molecular complexity index is 337. The molecule has 1 aliphatic heterocycles. The van der Waals surface area contributed by atoms with Crippen LogP contribution in [0.3, 0.4) is 0 Å². The number of amides is 1. The maximum Gasteiger partial charge on any atom is 0.257 e. The van der Waals surface area contributed by atoms with Crippen molar-refractivity contribution < 1.29 is 9.21 Å². The summed E-state index contributed by atoms with van der Waals surface area (Å²) in [6, 6.07) is 2.06. The molecule has 0 aliphatic carbocycles. The fraction of sp³-hybridized carbons (Fsp3) is 0.583. The Kier molecular flexibility index (Phi) is 4.04. The first kappa shape index (κ1) is 11.7. The van der Waals surface area contributed by atoms with Gasteiger partial charge in [-0.15, -0.1) is 0 Å². The number of carbonyl (C=O) groups excluding carboxylic acids is 1. The summed E-state index contributed by atoms with van der Waals surface area (Å²) in [5.41, 5.74) is 0.660. The molecular formula is C12H16BrNO2. The van der Waals surface area contributed by atoms with Crippen molar-refractivity contribution >= 4 is 21.8 Å². The molecule has 1 aliphatic rings. The number of halogens is 1. The van der Waals surface area contributed by atoms with Crippen molar-refractivity contribution in [1.29, 1.82) is 0 Å². The van der Waals surface area contributed by atoms with E-state index in [0.29, 0.717) is 11.6 Å². The van der Waals surface area contributed by atoms with Crippen LogP contribution in [0.15, 0.2) is 23.0 Å². The summed E-state index contributed by atoms with van der Waals surface area (Å²) in [5.74, 6) is 0.0973. The van der Waals surface area contributed by atoms with Gasteiger partial charge < -0.3 is 9.32 Å². The average molecular weight is 286 g/mol. The maximum atomic E-state index is 12.2. The number of rotatable bonds is 2. The zero-order valence-electron chi connectivity index (χ0n) is 9.19. The number of nitrogens with zero attached hydrogens (tertiary/aromatic N) is 1. The Labute approximate surface area is 104 Å². The average Bonchev–Trinajstić information content (AvgIpc) is 2.73. The Morgan fingerprint density at radius 2 is 2.38 bits per heavy atom. The lowest BCUT2D eigenvalue weighted by molar-refractivity contribution is 0.0701. The first-order valence-electron chi connectivity index (χ1n) is 5.72. The summed E-state index contributed by atoms with van der Waals surface area (Å²) in [5, 5.41) is 0.858. The number of alkyl halides is 1. The van der Waals surface area contributed by atoms with Gasteiger partial charge in [-0.25, -0.2) is 0 Å². The summed E-state index contributed by atoms with van der Waals surface area (Å²) in [6.45, 7) is 0.861. The molecule has 2 heterocycles. The third-order valence-corrected chi connectivity index (χ3v) is 3.83. The van der Waals surface area contributed by atoms with Crippen molar-refractivity contribution in [3.8, 4) is 0 Å². The zero-order chi connectivity index (χ0) is 11.4. The lowest BCUT2D eigenvalue weighted by Gasteiger charge is -2.28. The molecule has 1 atom stereocenters. The molecule has 1 aromatic heterocycles. The molecule has 4 heteroatoms. The van der Waals surface area contributed by atoms with E-state index >= 15 is 0 Å². The Morgan fingerprint density at radius 3 is 3.06 bits per heavy atom. The predicted molar refractivity (Wildman–Crippen MR) is 65.8 cm³/mol. The molecule has 2 rings (SSSR count). The van der Waals surface area contributed by atoms with Gasteiger partial charge in [0.15, 0.2) is 0 Å². The molecule has 0 aromatic carbocycles. The van der Waals surface area contributed by atoms with Crippen LogP contribution in [0.25, 0.3) is 0 Å². The largest absolute Gasteiger partial charge is 0.472 e. The SMILES string of the molecule is O=C(c1ccoc1)N1CCCCCC1CBr. The molecular weight excluding hydrogens is 270 g/mol. The fourth-order valence-corrected chi connectivity index (χ4v) is 2.83. The normalized spacial score (nSPS) is 21.8. The first-order valence-corrected chi connectivity index (χ1v) is 6.84. The van der Waals surface area contributed by atoms with E-state index in [1.807, 2.05) is 4.90 Å². The van der Waals surface area contributed by atoms with Crippen molar-refractivity contribution in [3.05, 3.63) is 24.2 Å². The third-order valence-electron chi connectivity index (χ3n) is 3.08. The molecule has 1 amide bonds. The van der Waals surface area contributed by atoms with E-state index in [1.165, 1.54) is 19.1 Å². The number of likely N-dealkylation sites (tertiary alicyclic amines) is 1. The Morgan fingerprint density at radius 1 is 1.50 bits per heavy atom. The van der Waals surface area contributed by atoms with Crippen LogP contribution in [0.4, 0.5) is 0 Å². The quantitative estimate of drug-likeness (QED) is 0.783. The molecule has 1 fully saturated rings. The van der Waals surface area contributed by atoms with Crippen molar-refractivity contribution in [2.75, 3.05) is 11.9 Å². The lowest BCUT2D eigenvalue weighted by atomic mass is 10.1. The number of hydrogen-bond donors (Lipinski definition) is 0. The van der Waals surface area contributed by atoms with Crippen LogP contribution in [0.5, 0.6) is 0 Å². The number of hydrogen-bond acceptors (Lipinski definition) is 2. The zero-order valence-corrected chi connectivity index (χ0v) is 10.8. The minimum atomic E-state index is 0.0973. The molecule has 0 spiro atoms.